The molecular weight excluding hydrogens is 404 g/mol. The summed E-state index contributed by atoms with van der Waals surface area (Å²) in [5, 5.41) is 6.29. The van der Waals surface area contributed by atoms with Gasteiger partial charge in [-0.1, -0.05) is 42.5 Å². The first-order valence-electron chi connectivity index (χ1n) is 11.3. The lowest BCUT2D eigenvalue weighted by Crippen LogP contribution is -2.53. The number of nitrogens with one attached hydrogen (secondary N) is 2. The summed E-state index contributed by atoms with van der Waals surface area (Å²) in [7, 11) is 0. The maximum absolute atomic E-state index is 12.9. The summed E-state index contributed by atoms with van der Waals surface area (Å²) in [6.07, 6.45) is 1.54. The van der Waals surface area contributed by atoms with Crippen LogP contribution in [0.2, 0.25) is 0 Å². The van der Waals surface area contributed by atoms with Crippen LogP contribution in [-0.4, -0.2) is 62.7 Å². The number of rotatable bonds is 6. The van der Waals surface area contributed by atoms with Crippen LogP contribution in [0, 0.1) is 0 Å². The van der Waals surface area contributed by atoms with Crippen molar-refractivity contribution in [2.24, 2.45) is 0 Å². The molecule has 0 aliphatic carbocycles. The van der Waals surface area contributed by atoms with Gasteiger partial charge in [0.1, 0.15) is 0 Å². The molecule has 0 saturated carbocycles. The molecule has 2 heterocycles. The number of nitrogens with zero attached hydrogens (tertiary/aromatic N) is 2. The highest BCUT2D eigenvalue weighted by Gasteiger charge is 2.37. The minimum atomic E-state index is -0.372. The van der Waals surface area contributed by atoms with Crippen LogP contribution >= 0.6 is 0 Å². The highest BCUT2D eigenvalue weighted by atomic mass is 16.5. The zero-order chi connectivity index (χ0) is 22.4. The molecule has 0 atom stereocenters. The van der Waals surface area contributed by atoms with Crippen molar-refractivity contribution >= 4 is 23.2 Å². The molecule has 0 unspecified atom stereocenters. The van der Waals surface area contributed by atoms with Gasteiger partial charge in [0.05, 0.1) is 36.7 Å². The number of anilines is 2. The largest absolute Gasteiger partial charge is 0.378 e. The van der Waals surface area contributed by atoms with Crippen LogP contribution in [-0.2, 0) is 19.9 Å². The molecule has 0 bridgehead atoms. The Kier molecular flexibility index (Phi) is 7.07. The minimum absolute atomic E-state index is 0.0163. The molecule has 0 aromatic heterocycles. The highest BCUT2D eigenvalue weighted by Crippen LogP contribution is 2.33. The average molecular weight is 437 g/mol. The third kappa shape index (κ3) is 5.29. The predicted octanol–water partition coefficient (Wildman–Crippen LogP) is 2.59. The third-order valence-corrected chi connectivity index (χ3v) is 6.35. The van der Waals surface area contributed by atoms with Crippen LogP contribution in [0.3, 0.4) is 0 Å². The fraction of sp³-hybridized carbons (Fsp3) is 0.440. The molecule has 2 fully saturated rings. The van der Waals surface area contributed by atoms with Crippen molar-refractivity contribution in [3.63, 3.8) is 0 Å². The van der Waals surface area contributed by atoms with Gasteiger partial charge < -0.3 is 20.3 Å². The van der Waals surface area contributed by atoms with Crippen molar-refractivity contribution < 1.29 is 14.3 Å². The second kappa shape index (κ2) is 10.1. The van der Waals surface area contributed by atoms with Crippen LogP contribution in [0.25, 0.3) is 0 Å². The fourth-order valence-electron chi connectivity index (χ4n) is 4.73. The second-order valence-corrected chi connectivity index (χ2v) is 8.57. The van der Waals surface area contributed by atoms with Gasteiger partial charge in [-0.3, -0.25) is 14.5 Å². The lowest BCUT2D eigenvalue weighted by atomic mass is 9.80. The Bertz CT molecular complexity index is 920. The van der Waals surface area contributed by atoms with Gasteiger partial charge in [-0.05, 0) is 30.5 Å². The summed E-state index contributed by atoms with van der Waals surface area (Å²) < 4.78 is 5.45. The summed E-state index contributed by atoms with van der Waals surface area (Å²) in [4.78, 5) is 29.2. The molecule has 0 radical (unpaired) electrons. The molecule has 4 rings (SSSR count). The Morgan fingerprint density at radius 2 is 1.59 bits per heavy atom. The lowest BCUT2D eigenvalue weighted by molar-refractivity contribution is -0.122. The lowest BCUT2D eigenvalue weighted by Gasteiger charge is -2.42. The van der Waals surface area contributed by atoms with Crippen molar-refractivity contribution in [3.8, 4) is 0 Å². The van der Waals surface area contributed by atoms with Crippen molar-refractivity contribution in [2.75, 3.05) is 56.2 Å². The average Bonchev–Trinajstić information content (AvgIpc) is 2.81. The number of para-hydroxylation sites is 2. The van der Waals surface area contributed by atoms with Crippen LogP contribution in [0.5, 0.6) is 0 Å². The van der Waals surface area contributed by atoms with Gasteiger partial charge in [-0.2, -0.15) is 0 Å². The first-order valence-corrected chi connectivity index (χ1v) is 11.3. The van der Waals surface area contributed by atoms with E-state index in [-0.39, 0.29) is 17.4 Å². The number of piperidine rings is 1. The number of benzene rings is 2. The molecule has 2 aromatic rings. The first kappa shape index (κ1) is 22.3. The smallest absolute Gasteiger partial charge is 0.238 e. The topological polar surface area (TPSA) is 73.9 Å². The van der Waals surface area contributed by atoms with E-state index in [2.05, 4.69) is 32.6 Å². The molecule has 0 spiro atoms. The van der Waals surface area contributed by atoms with E-state index in [0.29, 0.717) is 19.8 Å². The molecule has 2 N–H and O–H groups in total. The van der Waals surface area contributed by atoms with E-state index in [1.165, 1.54) is 0 Å². The molecule has 170 valence electrons. The number of carbonyl (C=O) groups excluding carboxylic acids is 2. The van der Waals surface area contributed by atoms with E-state index in [1.807, 2.05) is 42.5 Å². The van der Waals surface area contributed by atoms with Gasteiger partial charge in [0, 0.05) is 33.1 Å². The van der Waals surface area contributed by atoms with E-state index >= 15 is 0 Å². The van der Waals surface area contributed by atoms with E-state index in [1.54, 1.807) is 6.92 Å². The number of ether oxygens (including phenoxy) is 1. The van der Waals surface area contributed by atoms with E-state index in [0.717, 1.165) is 56.0 Å². The summed E-state index contributed by atoms with van der Waals surface area (Å²) in [6, 6.07) is 18.1. The summed E-state index contributed by atoms with van der Waals surface area (Å²) in [5.41, 5.74) is 2.63. The Labute approximate surface area is 189 Å². The Balaban J connectivity index is 1.37. The normalized spacial score (nSPS) is 18.7. The SMILES string of the molecule is CC(=O)NC1(c2ccccc2)CCN(CC(=O)Nc2ccccc2N2CCOCC2)CC1. The van der Waals surface area contributed by atoms with Crippen LogP contribution in [0.15, 0.2) is 54.6 Å². The standard InChI is InChI=1S/C25H32N4O3/c1-20(30)27-25(21-7-3-2-4-8-21)11-13-28(14-12-25)19-24(31)26-22-9-5-6-10-23(22)29-15-17-32-18-16-29/h2-10H,11-19H2,1H3,(H,26,31)(H,27,30). The number of hydrogen-bond donors (Lipinski definition) is 2. The first-order chi connectivity index (χ1) is 15.6. The van der Waals surface area contributed by atoms with E-state index < -0.39 is 0 Å². The molecule has 2 saturated heterocycles. The molecule has 2 aliphatic heterocycles. The number of amides is 2. The fourth-order valence-corrected chi connectivity index (χ4v) is 4.73. The zero-order valence-corrected chi connectivity index (χ0v) is 18.7. The number of morpholine rings is 1. The van der Waals surface area contributed by atoms with Gasteiger partial charge in [-0.25, -0.2) is 0 Å². The monoisotopic (exact) mass is 436 g/mol. The molecule has 7 nitrogen and oxygen atoms in total. The number of hydrogen-bond acceptors (Lipinski definition) is 5. The van der Waals surface area contributed by atoms with Crippen molar-refractivity contribution in [1.82, 2.24) is 10.2 Å². The summed E-state index contributed by atoms with van der Waals surface area (Å²) >= 11 is 0. The van der Waals surface area contributed by atoms with Crippen LogP contribution in [0.4, 0.5) is 11.4 Å². The van der Waals surface area contributed by atoms with Gasteiger partial charge in [-0.15, -0.1) is 0 Å². The van der Waals surface area contributed by atoms with Crippen molar-refractivity contribution in [1.29, 1.82) is 0 Å². The second-order valence-electron chi connectivity index (χ2n) is 8.57. The molecule has 2 aliphatic rings. The predicted molar refractivity (Wildman–Crippen MR) is 126 cm³/mol. The van der Waals surface area contributed by atoms with Crippen molar-refractivity contribution in [3.05, 3.63) is 60.2 Å². The van der Waals surface area contributed by atoms with Crippen LogP contribution < -0.4 is 15.5 Å². The maximum atomic E-state index is 12.9. The van der Waals surface area contributed by atoms with Crippen molar-refractivity contribution in [2.45, 2.75) is 25.3 Å². The third-order valence-electron chi connectivity index (χ3n) is 6.35. The van der Waals surface area contributed by atoms with Gasteiger partial charge >= 0.3 is 0 Å². The molecule has 2 amide bonds. The molecule has 2 aromatic carbocycles. The number of carbonyl (C=O) groups is 2. The van der Waals surface area contributed by atoms with E-state index in [4.69, 9.17) is 4.74 Å². The Morgan fingerprint density at radius 1 is 0.938 bits per heavy atom. The summed E-state index contributed by atoms with van der Waals surface area (Å²) in [6.45, 7) is 6.44. The maximum Gasteiger partial charge on any atom is 0.238 e. The Hall–Kier alpha value is -2.90. The molecular formula is C25H32N4O3. The highest BCUT2D eigenvalue weighted by molar-refractivity contribution is 5.95. The van der Waals surface area contributed by atoms with Gasteiger partial charge in [0.15, 0.2) is 0 Å². The quantitative estimate of drug-likeness (QED) is 0.728. The minimum Gasteiger partial charge on any atom is -0.378 e. The summed E-state index contributed by atoms with van der Waals surface area (Å²) in [5.74, 6) is -0.0442. The van der Waals surface area contributed by atoms with Gasteiger partial charge in [0.2, 0.25) is 11.8 Å². The van der Waals surface area contributed by atoms with E-state index in [9.17, 15) is 9.59 Å². The molecule has 7 heteroatoms. The Morgan fingerprint density at radius 3 is 2.28 bits per heavy atom. The van der Waals surface area contributed by atoms with Gasteiger partial charge in [0.25, 0.3) is 0 Å². The zero-order valence-electron chi connectivity index (χ0n) is 18.7. The number of likely N-dealkylation sites (tertiary alicyclic amines) is 1. The van der Waals surface area contributed by atoms with Crippen LogP contribution in [0.1, 0.15) is 25.3 Å². The molecule has 32 heavy (non-hydrogen) atoms.